The van der Waals surface area contributed by atoms with Crippen LogP contribution >= 0.6 is 23.2 Å². The third kappa shape index (κ3) is 4.94. The predicted octanol–water partition coefficient (Wildman–Crippen LogP) is 5.83. The van der Waals surface area contributed by atoms with E-state index in [1.54, 1.807) is 13.0 Å². The van der Waals surface area contributed by atoms with Gasteiger partial charge in [-0.1, -0.05) is 47.8 Å². The number of ether oxygens (including phenoxy) is 2. The lowest BCUT2D eigenvalue weighted by molar-refractivity contribution is -0.0749. The average Bonchev–Trinajstić information content (AvgIpc) is 2.58. The zero-order chi connectivity index (χ0) is 18.6. The van der Waals surface area contributed by atoms with Crippen LogP contribution in [-0.4, -0.2) is 18.1 Å². The maximum absolute atomic E-state index is 10.1. The molecule has 0 aliphatic heterocycles. The lowest BCUT2D eigenvalue weighted by Gasteiger charge is -2.20. The molecule has 0 aliphatic rings. The highest BCUT2D eigenvalue weighted by molar-refractivity contribution is 6.37. The van der Waals surface area contributed by atoms with Crippen molar-refractivity contribution in [2.75, 3.05) is 12.0 Å². The molecule has 0 aromatic heterocycles. The van der Waals surface area contributed by atoms with E-state index in [0.29, 0.717) is 22.7 Å². The number of aryl methyl sites for hydroxylation is 2. The number of benzene rings is 2. The molecule has 0 saturated carbocycles. The van der Waals surface area contributed by atoms with E-state index in [4.69, 9.17) is 32.7 Å². The zero-order valence-electron chi connectivity index (χ0n) is 14.8. The van der Waals surface area contributed by atoms with Crippen molar-refractivity contribution in [3.05, 3.63) is 51.0 Å². The maximum atomic E-state index is 10.1. The van der Waals surface area contributed by atoms with E-state index in [0.717, 1.165) is 11.3 Å². The highest BCUT2D eigenvalue weighted by atomic mass is 35.5. The van der Waals surface area contributed by atoms with E-state index in [-0.39, 0.29) is 17.5 Å². The molecule has 0 radical (unpaired) electrons. The summed E-state index contributed by atoms with van der Waals surface area (Å²) in [4.78, 5) is 0. The van der Waals surface area contributed by atoms with E-state index in [2.05, 4.69) is 11.4 Å². The third-order valence-electron chi connectivity index (χ3n) is 3.88. The molecule has 2 N–H and O–H groups in total. The number of hydrogen-bond donors (Lipinski definition) is 2. The highest BCUT2D eigenvalue weighted by Gasteiger charge is 2.14. The molecule has 2 aromatic rings. The number of rotatable bonds is 7. The third-order valence-corrected chi connectivity index (χ3v) is 4.73. The molecule has 1 unspecified atom stereocenters. The van der Waals surface area contributed by atoms with Gasteiger partial charge in [-0.25, -0.2) is 0 Å². The molecule has 0 aliphatic carbocycles. The molecule has 2 rings (SSSR count). The number of nitrogens with one attached hydrogen (secondary N) is 1. The molecule has 0 heterocycles. The fraction of sp³-hybridized carbons (Fsp3) is 0.368. The number of phenolic OH excluding ortho intramolecular Hbond substituents is 1. The van der Waals surface area contributed by atoms with Gasteiger partial charge in [0.1, 0.15) is 12.5 Å². The van der Waals surface area contributed by atoms with E-state index in [9.17, 15) is 5.11 Å². The van der Waals surface area contributed by atoms with Gasteiger partial charge >= 0.3 is 0 Å². The summed E-state index contributed by atoms with van der Waals surface area (Å²) in [6.07, 6.45) is 0.267. The van der Waals surface area contributed by atoms with Crippen molar-refractivity contribution >= 4 is 28.9 Å². The molecule has 0 saturated heterocycles. The second-order valence-electron chi connectivity index (χ2n) is 5.91. The molecule has 2 aromatic carbocycles. The van der Waals surface area contributed by atoms with E-state index >= 15 is 0 Å². The number of anilines is 1. The molecule has 6 heteroatoms. The Hall–Kier alpha value is -1.62. The van der Waals surface area contributed by atoms with E-state index in [1.807, 2.05) is 32.9 Å². The smallest absolute Gasteiger partial charge is 0.201 e. The van der Waals surface area contributed by atoms with Crippen LogP contribution in [0.15, 0.2) is 24.3 Å². The summed E-state index contributed by atoms with van der Waals surface area (Å²) in [5.41, 5.74) is 3.30. The first-order valence-corrected chi connectivity index (χ1v) is 8.86. The van der Waals surface area contributed by atoms with Crippen LogP contribution in [0.5, 0.6) is 11.5 Å². The fourth-order valence-corrected chi connectivity index (χ4v) is 2.82. The minimum atomic E-state index is -0.410. The van der Waals surface area contributed by atoms with Crippen LogP contribution < -0.4 is 10.1 Å². The monoisotopic (exact) mass is 383 g/mol. The number of phenols is 1. The Labute approximate surface area is 158 Å². The number of aromatic hydroxyl groups is 1. The summed E-state index contributed by atoms with van der Waals surface area (Å²) in [6.45, 7) is 7.91. The highest BCUT2D eigenvalue weighted by Crippen LogP contribution is 2.38. The van der Waals surface area contributed by atoms with Crippen molar-refractivity contribution in [1.29, 1.82) is 0 Å². The van der Waals surface area contributed by atoms with E-state index in [1.165, 1.54) is 5.56 Å². The Balaban J connectivity index is 1.98. The summed E-state index contributed by atoms with van der Waals surface area (Å²) < 4.78 is 11.6. The molecular weight excluding hydrogens is 361 g/mol. The van der Waals surface area contributed by atoms with Crippen molar-refractivity contribution in [3.8, 4) is 11.5 Å². The second kappa shape index (κ2) is 8.65. The van der Waals surface area contributed by atoms with Crippen molar-refractivity contribution < 1.29 is 14.6 Å². The largest absolute Gasteiger partial charge is 0.504 e. The van der Waals surface area contributed by atoms with Gasteiger partial charge < -0.3 is 19.9 Å². The van der Waals surface area contributed by atoms with Gasteiger partial charge in [0.05, 0.1) is 10.7 Å². The fourth-order valence-electron chi connectivity index (χ4n) is 2.36. The summed E-state index contributed by atoms with van der Waals surface area (Å²) in [5, 5.41) is 13.8. The molecule has 0 amide bonds. The summed E-state index contributed by atoms with van der Waals surface area (Å²) in [7, 11) is 0. The predicted molar refractivity (Wildman–Crippen MR) is 103 cm³/mol. The van der Waals surface area contributed by atoms with Gasteiger partial charge in [-0.15, -0.1) is 0 Å². The molecular formula is C19H23Cl2NO3. The van der Waals surface area contributed by atoms with Crippen LogP contribution in [0.4, 0.5) is 5.69 Å². The van der Waals surface area contributed by atoms with Gasteiger partial charge in [-0.05, 0) is 44.0 Å². The Morgan fingerprint density at radius 1 is 1.16 bits per heavy atom. The average molecular weight is 384 g/mol. The van der Waals surface area contributed by atoms with Gasteiger partial charge in [0.25, 0.3) is 0 Å². The summed E-state index contributed by atoms with van der Waals surface area (Å²) >= 11 is 12.2. The Morgan fingerprint density at radius 3 is 2.52 bits per heavy atom. The molecule has 136 valence electrons. The van der Waals surface area contributed by atoms with Crippen LogP contribution in [0.3, 0.4) is 0 Å². The molecule has 0 fully saturated rings. The minimum absolute atomic E-state index is 0.0458. The topological polar surface area (TPSA) is 50.7 Å². The van der Waals surface area contributed by atoms with Crippen molar-refractivity contribution in [1.82, 2.24) is 0 Å². The van der Waals surface area contributed by atoms with Crippen LogP contribution in [0.1, 0.15) is 30.0 Å². The van der Waals surface area contributed by atoms with Gasteiger partial charge in [0, 0.05) is 11.4 Å². The number of halogens is 2. The normalized spacial score (nSPS) is 12.1. The molecule has 4 nitrogen and oxygen atoms in total. The Bertz CT molecular complexity index is 750. The lowest BCUT2D eigenvalue weighted by Crippen LogP contribution is -2.23. The molecule has 1 atom stereocenters. The maximum Gasteiger partial charge on any atom is 0.201 e. The van der Waals surface area contributed by atoms with Crippen molar-refractivity contribution in [2.45, 2.75) is 40.4 Å². The SMILES string of the molecule is CCC(OCNc1cc(Cl)c(C)c(Cl)c1O)Oc1ccc(C)cc1C. The Kier molecular flexibility index (Phi) is 6.82. The Morgan fingerprint density at radius 2 is 1.88 bits per heavy atom. The zero-order valence-corrected chi connectivity index (χ0v) is 16.3. The van der Waals surface area contributed by atoms with Crippen LogP contribution in [0.2, 0.25) is 10.0 Å². The van der Waals surface area contributed by atoms with Crippen LogP contribution in [-0.2, 0) is 4.74 Å². The number of hydrogen-bond acceptors (Lipinski definition) is 4. The first kappa shape index (κ1) is 19.7. The van der Waals surface area contributed by atoms with Gasteiger partial charge in [0.2, 0.25) is 6.29 Å². The molecule has 0 bridgehead atoms. The first-order valence-electron chi connectivity index (χ1n) is 8.10. The van der Waals surface area contributed by atoms with Gasteiger partial charge in [-0.2, -0.15) is 0 Å². The van der Waals surface area contributed by atoms with Crippen molar-refractivity contribution in [3.63, 3.8) is 0 Å². The lowest BCUT2D eigenvalue weighted by atomic mass is 10.1. The standard InChI is InChI=1S/C19H23Cl2NO3/c1-5-17(25-16-7-6-11(2)8-12(16)3)24-10-22-15-9-14(20)13(4)18(21)19(15)23/h6-9,17,22-23H,5,10H2,1-4H3. The summed E-state index contributed by atoms with van der Waals surface area (Å²) in [6, 6.07) is 7.62. The first-order chi connectivity index (χ1) is 11.8. The van der Waals surface area contributed by atoms with Crippen LogP contribution in [0, 0.1) is 20.8 Å². The van der Waals surface area contributed by atoms with E-state index < -0.39 is 6.29 Å². The molecule has 25 heavy (non-hydrogen) atoms. The van der Waals surface area contributed by atoms with Gasteiger partial charge in [0.15, 0.2) is 5.75 Å². The quantitative estimate of drug-likeness (QED) is 0.466. The van der Waals surface area contributed by atoms with Crippen LogP contribution in [0.25, 0.3) is 0 Å². The van der Waals surface area contributed by atoms with Crippen molar-refractivity contribution in [2.24, 2.45) is 0 Å². The summed E-state index contributed by atoms with van der Waals surface area (Å²) in [5.74, 6) is 0.747. The molecule has 0 spiro atoms. The second-order valence-corrected chi connectivity index (χ2v) is 6.69. The minimum Gasteiger partial charge on any atom is -0.504 e. The van der Waals surface area contributed by atoms with Gasteiger partial charge in [-0.3, -0.25) is 0 Å².